The fourth-order valence-corrected chi connectivity index (χ4v) is 3.51. The van der Waals surface area contributed by atoms with Crippen molar-refractivity contribution in [3.63, 3.8) is 0 Å². The van der Waals surface area contributed by atoms with Crippen LogP contribution >= 0.6 is 0 Å². The van der Waals surface area contributed by atoms with Crippen molar-refractivity contribution in [2.75, 3.05) is 24.5 Å². The topological polar surface area (TPSA) is 62.5 Å². The maximum absolute atomic E-state index is 12.9. The van der Waals surface area contributed by atoms with Gasteiger partial charge in [0.2, 0.25) is 0 Å². The zero-order valence-corrected chi connectivity index (χ0v) is 15.5. The first-order chi connectivity index (χ1) is 13.1. The van der Waals surface area contributed by atoms with E-state index in [1.54, 1.807) is 18.5 Å². The average Bonchev–Trinajstić information content (AvgIpc) is 3.18. The molecule has 6 nitrogen and oxygen atoms in total. The molecule has 3 heterocycles. The lowest BCUT2D eigenvalue weighted by Crippen LogP contribution is -2.53. The van der Waals surface area contributed by atoms with Crippen LogP contribution in [-0.4, -0.2) is 46.6 Å². The molecule has 1 atom stereocenters. The standard InChI is InChI=1S/C21H22N4O2/c1-15-5-3-7-18(11-15)25-10-9-24(14-16(25)2)21(26)19-12-20(27-23-19)17-6-4-8-22-13-17/h3-8,11-13,16H,9-10,14H2,1-2H3/t16-/m1/s1. The van der Waals surface area contributed by atoms with E-state index in [0.29, 0.717) is 24.5 Å². The highest BCUT2D eigenvalue weighted by atomic mass is 16.5. The molecule has 1 aliphatic heterocycles. The highest BCUT2D eigenvalue weighted by Gasteiger charge is 2.29. The maximum Gasteiger partial charge on any atom is 0.276 e. The minimum absolute atomic E-state index is 0.0929. The van der Waals surface area contributed by atoms with Crippen LogP contribution < -0.4 is 4.90 Å². The fraction of sp³-hybridized carbons (Fsp3) is 0.286. The second-order valence-electron chi connectivity index (χ2n) is 6.95. The minimum atomic E-state index is -0.0929. The molecule has 6 heteroatoms. The third kappa shape index (κ3) is 3.56. The van der Waals surface area contributed by atoms with E-state index in [1.807, 2.05) is 17.0 Å². The predicted molar refractivity (Wildman–Crippen MR) is 104 cm³/mol. The summed E-state index contributed by atoms with van der Waals surface area (Å²) in [5.41, 5.74) is 3.59. The van der Waals surface area contributed by atoms with Crippen LogP contribution in [0, 0.1) is 6.92 Å². The number of anilines is 1. The number of rotatable bonds is 3. The summed E-state index contributed by atoms with van der Waals surface area (Å²) in [4.78, 5) is 21.1. The van der Waals surface area contributed by atoms with Crippen molar-refractivity contribution in [3.8, 4) is 11.3 Å². The summed E-state index contributed by atoms with van der Waals surface area (Å²) < 4.78 is 5.35. The number of pyridine rings is 1. The lowest BCUT2D eigenvalue weighted by molar-refractivity contribution is 0.0716. The SMILES string of the molecule is Cc1cccc(N2CCN(C(=O)c3cc(-c4cccnc4)on3)C[C@H]2C)c1. The Morgan fingerprint density at radius 2 is 2.07 bits per heavy atom. The molecule has 138 valence electrons. The van der Waals surface area contributed by atoms with E-state index >= 15 is 0 Å². The molecular weight excluding hydrogens is 340 g/mol. The van der Waals surface area contributed by atoms with Crippen molar-refractivity contribution >= 4 is 11.6 Å². The lowest BCUT2D eigenvalue weighted by Gasteiger charge is -2.41. The quantitative estimate of drug-likeness (QED) is 0.715. The number of aromatic nitrogens is 2. The monoisotopic (exact) mass is 362 g/mol. The number of hydrogen-bond donors (Lipinski definition) is 0. The van der Waals surface area contributed by atoms with Crippen LogP contribution in [-0.2, 0) is 0 Å². The zero-order valence-electron chi connectivity index (χ0n) is 15.5. The van der Waals surface area contributed by atoms with E-state index in [0.717, 1.165) is 12.1 Å². The second-order valence-corrected chi connectivity index (χ2v) is 6.95. The number of amides is 1. The van der Waals surface area contributed by atoms with Gasteiger partial charge in [-0.25, -0.2) is 0 Å². The average molecular weight is 362 g/mol. The van der Waals surface area contributed by atoms with Gasteiger partial charge in [0.05, 0.1) is 0 Å². The number of aryl methyl sites for hydroxylation is 1. The molecule has 0 unspecified atom stereocenters. The largest absolute Gasteiger partial charge is 0.365 e. The zero-order chi connectivity index (χ0) is 18.8. The van der Waals surface area contributed by atoms with E-state index in [2.05, 4.69) is 53.2 Å². The van der Waals surface area contributed by atoms with Gasteiger partial charge in [-0.1, -0.05) is 17.3 Å². The molecule has 0 saturated carbocycles. The van der Waals surface area contributed by atoms with Crippen LogP contribution in [0.5, 0.6) is 0 Å². The van der Waals surface area contributed by atoms with Gasteiger partial charge in [-0.2, -0.15) is 0 Å². The van der Waals surface area contributed by atoms with Gasteiger partial charge in [0, 0.05) is 55.4 Å². The van der Waals surface area contributed by atoms with Gasteiger partial charge in [-0.3, -0.25) is 9.78 Å². The summed E-state index contributed by atoms with van der Waals surface area (Å²) in [6.07, 6.45) is 3.39. The molecule has 0 N–H and O–H groups in total. The Labute approximate surface area is 158 Å². The molecule has 0 spiro atoms. The van der Waals surface area contributed by atoms with Crippen LogP contribution in [0.2, 0.25) is 0 Å². The first kappa shape index (κ1) is 17.3. The van der Waals surface area contributed by atoms with Crippen LogP contribution in [0.1, 0.15) is 23.0 Å². The van der Waals surface area contributed by atoms with Crippen molar-refractivity contribution in [3.05, 3.63) is 66.1 Å². The smallest absolute Gasteiger partial charge is 0.276 e. The molecule has 4 rings (SSSR count). The van der Waals surface area contributed by atoms with Crippen molar-refractivity contribution < 1.29 is 9.32 Å². The molecule has 3 aromatic rings. The van der Waals surface area contributed by atoms with Crippen LogP contribution in [0.15, 0.2) is 59.4 Å². The summed E-state index contributed by atoms with van der Waals surface area (Å²) in [6.45, 7) is 6.35. The maximum atomic E-state index is 12.9. The summed E-state index contributed by atoms with van der Waals surface area (Å²) in [6, 6.07) is 14.1. The number of carbonyl (C=O) groups excluding carboxylic acids is 1. The van der Waals surface area contributed by atoms with Crippen molar-refractivity contribution in [2.45, 2.75) is 19.9 Å². The van der Waals surface area contributed by atoms with Crippen molar-refractivity contribution in [1.29, 1.82) is 0 Å². The van der Waals surface area contributed by atoms with Gasteiger partial charge in [0.25, 0.3) is 5.91 Å². The molecular formula is C21H22N4O2. The molecule has 27 heavy (non-hydrogen) atoms. The molecule has 1 aliphatic rings. The Hall–Kier alpha value is -3.15. The first-order valence-electron chi connectivity index (χ1n) is 9.11. The molecule has 1 aromatic carbocycles. The van der Waals surface area contributed by atoms with E-state index in [9.17, 15) is 4.79 Å². The Morgan fingerprint density at radius 3 is 2.81 bits per heavy atom. The Balaban J connectivity index is 1.46. The van der Waals surface area contributed by atoms with Gasteiger partial charge >= 0.3 is 0 Å². The first-order valence-corrected chi connectivity index (χ1v) is 9.11. The van der Waals surface area contributed by atoms with Crippen LogP contribution in [0.25, 0.3) is 11.3 Å². The normalized spacial score (nSPS) is 17.2. The number of hydrogen-bond acceptors (Lipinski definition) is 5. The van der Waals surface area contributed by atoms with E-state index in [1.165, 1.54) is 11.3 Å². The summed E-state index contributed by atoms with van der Waals surface area (Å²) in [7, 11) is 0. The third-order valence-electron chi connectivity index (χ3n) is 4.92. The van der Waals surface area contributed by atoms with Gasteiger partial charge in [0.1, 0.15) is 0 Å². The highest BCUT2D eigenvalue weighted by molar-refractivity contribution is 5.93. The van der Waals surface area contributed by atoms with Gasteiger partial charge < -0.3 is 14.3 Å². The summed E-state index contributed by atoms with van der Waals surface area (Å²) in [5.74, 6) is 0.461. The summed E-state index contributed by atoms with van der Waals surface area (Å²) in [5, 5.41) is 3.97. The van der Waals surface area contributed by atoms with Gasteiger partial charge in [0.15, 0.2) is 11.5 Å². The Kier molecular flexibility index (Phi) is 4.62. The molecule has 1 saturated heterocycles. The molecule has 0 radical (unpaired) electrons. The molecule has 1 amide bonds. The van der Waals surface area contributed by atoms with Crippen molar-refractivity contribution in [2.24, 2.45) is 0 Å². The van der Waals surface area contributed by atoms with E-state index in [4.69, 9.17) is 4.52 Å². The highest BCUT2D eigenvalue weighted by Crippen LogP contribution is 2.24. The fourth-order valence-electron chi connectivity index (χ4n) is 3.51. The molecule has 1 fully saturated rings. The third-order valence-corrected chi connectivity index (χ3v) is 4.92. The molecule has 2 aromatic heterocycles. The lowest BCUT2D eigenvalue weighted by atomic mass is 10.1. The van der Waals surface area contributed by atoms with Gasteiger partial charge in [-0.05, 0) is 43.7 Å². The number of piperazine rings is 1. The predicted octanol–water partition coefficient (Wildman–Crippen LogP) is 3.40. The minimum Gasteiger partial charge on any atom is -0.365 e. The molecule has 0 bridgehead atoms. The van der Waals surface area contributed by atoms with E-state index in [-0.39, 0.29) is 11.9 Å². The van der Waals surface area contributed by atoms with Crippen molar-refractivity contribution in [1.82, 2.24) is 15.0 Å². The van der Waals surface area contributed by atoms with Crippen LogP contribution in [0.4, 0.5) is 5.69 Å². The Morgan fingerprint density at radius 1 is 1.19 bits per heavy atom. The number of carbonyl (C=O) groups is 1. The number of benzene rings is 1. The van der Waals surface area contributed by atoms with E-state index < -0.39 is 0 Å². The van der Waals surface area contributed by atoms with Crippen LogP contribution in [0.3, 0.4) is 0 Å². The second kappa shape index (κ2) is 7.23. The summed E-state index contributed by atoms with van der Waals surface area (Å²) >= 11 is 0. The molecule has 0 aliphatic carbocycles. The number of nitrogens with zero attached hydrogens (tertiary/aromatic N) is 4. The Bertz CT molecular complexity index is 938. The van der Waals surface area contributed by atoms with Gasteiger partial charge in [-0.15, -0.1) is 0 Å².